The molecule has 2 N–H and O–H groups in total. The zero-order chi connectivity index (χ0) is 20.3. The fraction of sp³-hybridized carbons (Fsp3) is 0.409. The number of nitrogens with one attached hydrogen (secondary N) is 2. The van der Waals surface area contributed by atoms with E-state index in [4.69, 9.17) is 0 Å². The molecule has 0 bridgehead atoms. The van der Waals surface area contributed by atoms with Gasteiger partial charge in [0.05, 0.1) is 10.9 Å². The second kappa shape index (κ2) is 8.45. The summed E-state index contributed by atoms with van der Waals surface area (Å²) in [6, 6.07) is 14.3. The highest BCUT2D eigenvalue weighted by Gasteiger charge is 2.28. The first-order chi connectivity index (χ1) is 13.2. The van der Waals surface area contributed by atoms with Crippen molar-refractivity contribution in [3.63, 3.8) is 0 Å². The van der Waals surface area contributed by atoms with Crippen LogP contribution in [0.25, 0.3) is 0 Å². The summed E-state index contributed by atoms with van der Waals surface area (Å²) in [6.07, 6.45) is 2.80. The zero-order valence-corrected chi connectivity index (χ0v) is 17.4. The highest BCUT2D eigenvalue weighted by molar-refractivity contribution is 7.89. The van der Waals surface area contributed by atoms with Crippen molar-refractivity contribution in [2.75, 3.05) is 0 Å². The van der Waals surface area contributed by atoms with E-state index in [-0.39, 0.29) is 22.9 Å². The van der Waals surface area contributed by atoms with E-state index in [2.05, 4.69) is 36.0 Å². The Morgan fingerprint density at radius 3 is 2.14 bits per heavy atom. The first kappa shape index (κ1) is 20.6. The summed E-state index contributed by atoms with van der Waals surface area (Å²) in [5.74, 6) is 0.382. The number of rotatable bonds is 8. The van der Waals surface area contributed by atoms with Crippen LogP contribution in [-0.4, -0.2) is 20.4 Å². The molecule has 1 aliphatic rings. The van der Waals surface area contributed by atoms with E-state index in [0.29, 0.717) is 11.5 Å². The van der Waals surface area contributed by atoms with Crippen molar-refractivity contribution in [1.82, 2.24) is 10.0 Å². The van der Waals surface area contributed by atoms with E-state index in [0.717, 1.165) is 24.8 Å². The second-order valence-electron chi connectivity index (χ2n) is 7.95. The van der Waals surface area contributed by atoms with Crippen LogP contribution in [0.15, 0.2) is 53.4 Å². The molecule has 6 heteroatoms. The van der Waals surface area contributed by atoms with Crippen molar-refractivity contribution >= 4 is 15.9 Å². The Kier molecular flexibility index (Phi) is 6.20. The Morgan fingerprint density at radius 2 is 1.61 bits per heavy atom. The smallest absolute Gasteiger partial charge is 0.251 e. The molecule has 150 valence electrons. The van der Waals surface area contributed by atoms with E-state index >= 15 is 0 Å². The van der Waals surface area contributed by atoms with Gasteiger partial charge >= 0.3 is 0 Å². The molecule has 0 spiro atoms. The number of carbonyl (C=O) groups is 1. The molecule has 1 aliphatic carbocycles. The Labute approximate surface area is 167 Å². The first-order valence-electron chi connectivity index (χ1n) is 9.76. The molecule has 2 aromatic rings. The van der Waals surface area contributed by atoms with Crippen molar-refractivity contribution in [3.8, 4) is 0 Å². The molecule has 0 radical (unpaired) electrons. The maximum atomic E-state index is 12.5. The molecule has 0 aromatic heterocycles. The Morgan fingerprint density at radius 1 is 1.00 bits per heavy atom. The van der Waals surface area contributed by atoms with Gasteiger partial charge in [-0.15, -0.1) is 0 Å². The predicted octanol–water partition coefficient (Wildman–Crippen LogP) is 3.82. The normalized spacial score (nSPS) is 15.4. The molecule has 1 fully saturated rings. The molecule has 1 amide bonds. The number of carbonyl (C=O) groups excluding carboxylic acids is 1. The molecular weight excluding hydrogens is 372 g/mol. The zero-order valence-electron chi connectivity index (χ0n) is 16.6. The van der Waals surface area contributed by atoms with Crippen molar-refractivity contribution in [2.24, 2.45) is 5.92 Å². The summed E-state index contributed by atoms with van der Waals surface area (Å²) in [6.45, 7) is 6.32. The van der Waals surface area contributed by atoms with E-state index < -0.39 is 10.0 Å². The monoisotopic (exact) mass is 400 g/mol. The summed E-state index contributed by atoms with van der Waals surface area (Å²) in [4.78, 5) is 12.7. The van der Waals surface area contributed by atoms with Gasteiger partial charge in [0.1, 0.15) is 0 Å². The summed E-state index contributed by atoms with van der Waals surface area (Å²) < 4.78 is 27.1. The topological polar surface area (TPSA) is 75.3 Å². The lowest BCUT2D eigenvalue weighted by Gasteiger charge is -2.15. The number of amides is 1. The Hall–Kier alpha value is -2.18. The van der Waals surface area contributed by atoms with Gasteiger partial charge in [0, 0.05) is 11.6 Å². The van der Waals surface area contributed by atoms with E-state index in [1.165, 1.54) is 17.7 Å². The summed E-state index contributed by atoms with van der Waals surface area (Å²) in [5.41, 5.74) is 2.76. The minimum atomic E-state index is -3.50. The molecule has 2 aromatic carbocycles. The highest BCUT2D eigenvalue weighted by Crippen LogP contribution is 2.22. The number of hydrogen-bond donors (Lipinski definition) is 2. The summed E-state index contributed by atoms with van der Waals surface area (Å²) in [5, 5.41) is 2.97. The van der Waals surface area contributed by atoms with Gasteiger partial charge in [-0.3, -0.25) is 4.79 Å². The molecule has 3 rings (SSSR count). The maximum Gasteiger partial charge on any atom is 0.251 e. The fourth-order valence-corrected chi connectivity index (χ4v) is 4.36. The average Bonchev–Trinajstić information content (AvgIpc) is 3.45. The quantitative estimate of drug-likeness (QED) is 0.707. The fourth-order valence-electron chi connectivity index (χ4n) is 3.05. The number of hydrogen-bond acceptors (Lipinski definition) is 3. The van der Waals surface area contributed by atoms with Crippen molar-refractivity contribution in [3.05, 3.63) is 65.2 Å². The molecule has 0 saturated heterocycles. The van der Waals surface area contributed by atoms with Gasteiger partial charge in [-0.25, -0.2) is 13.1 Å². The van der Waals surface area contributed by atoms with Crippen LogP contribution in [0.4, 0.5) is 0 Å². The number of benzene rings is 2. The number of sulfonamides is 1. The van der Waals surface area contributed by atoms with E-state index in [1.54, 1.807) is 12.1 Å². The molecular formula is C22H28N2O3S. The molecule has 28 heavy (non-hydrogen) atoms. The molecule has 0 heterocycles. The summed E-state index contributed by atoms with van der Waals surface area (Å²) in [7, 11) is -3.50. The molecule has 1 atom stereocenters. The third-order valence-corrected chi connectivity index (χ3v) is 6.33. The largest absolute Gasteiger partial charge is 0.346 e. The second-order valence-corrected chi connectivity index (χ2v) is 9.67. The van der Waals surface area contributed by atoms with Gasteiger partial charge in [0.2, 0.25) is 10.0 Å². The lowest BCUT2D eigenvalue weighted by atomic mass is 10.00. The molecule has 1 saturated carbocycles. The van der Waals surface area contributed by atoms with Crippen LogP contribution in [0.5, 0.6) is 0 Å². The minimum Gasteiger partial charge on any atom is -0.346 e. The third-order valence-electron chi connectivity index (χ3n) is 4.80. The summed E-state index contributed by atoms with van der Waals surface area (Å²) >= 11 is 0. The van der Waals surface area contributed by atoms with Gasteiger partial charge in [-0.1, -0.05) is 38.1 Å². The Bertz CT molecular complexity index is 915. The van der Waals surface area contributed by atoms with Crippen molar-refractivity contribution < 1.29 is 13.2 Å². The molecule has 1 unspecified atom stereocenters. The predicted molar refractivity (Wildman–Crippen MR) is 111 cm³/mol. The van der Waals surface area contributed by atoms with E-state index in [9.17, 15) is 13.2 Å². The van der Waals surface area contributed by atoms with Crippen LogP contribution in [0, 0.1) is 5.92 Å². The van der Waals surface area contributed by atoms with Crippen LogP contribution in [0.1, 0.15) is 61.1 Å². The van der Waals surface area contributed by atoms with Gasteiger partial charge < -0.3 is 5.32 Å². The van der Waals surface area contributed by atoms with Crippen molar-refractivity contribution in [2.45, 2.75) is 57.0 Å². The third kappa shape index (κ3) is 5.42. The van der Waals surface area contributed by atoms with Crippen LogP contribution in [0.3, 0.4) is 0 Å². The van der Waals surface area contributed by atoms with Gasteiger partial charge in [-0.2, -0.15) is 0 Å². The van der Waals surface area contributed by atoms with Crippen LogP contribution in [0.2, 0.25) is 0 Å². The maximum absolute atomic E-state index is 12.5. The van der Waals surface area contributed by atoms with E-state index in [1.807, 2.05) is 19.1 Å². The average molecular weight is 401 g/mol. The molecule has 5 nitrogen and oxygen atoms in total. The standard InChI is InChI=1S/C22H28N2O3S/c1-15(2)14-17-4-6-18(7-5-17)16(3)23-22(25)19-8-12-21(13-9-19)28(26,27)24-20-10-11-20/h4-9,12-13,15-16,20,24H,10-11,14H2,1-3H3,(H,23,25). The molecule has 0 aliphatic heterocycles. The van der Waals surface area contributed by atoms with Crippen LogP contribution in [-0.2, 0) is 16.4 Å². The van der Waals surface area contributed by atoms with Crippen LogP contribution < -0.4 is 10.0 Å². The van der Waals surface area contributed by atoms with Crippen molar-refractivity contribution in [1.29, 1.82) is 0 Å². The highest BCUT2D eigenvalue weighted by atomic mass is 32.2. The van der Waals surface area contributed by atoms with Crippen LogP contribution >= 0.6 is 0 Å². The first-order valence-corrected chi connectivity index (χ1v) is 11.2. The van der Waals surface area contributed by atoms with Gasteiger partial charge in [0.15, 0.2) is 0 Å². The Balaban J connectivity index is 1.62. The lowest BCUT2D eigenvalue weighted by Crippen LogP contribution is -2.27. The van der Waals surface area contributed by atoms with Gasteiger partial charge in [-0.05, 0) is 67.5 Å². The van der Waals surface area contributed by atoms with Gasteiger partial charge in [0.25, 0.3) is 5.91 Å². The minimum absolute atomic E-state index is 0.0563. The SMILES string of the molecule is CC(C)Cc1ccc(C(C)NC(=O)c2ccc(S(=O)(=O)NC3CC3)cc2)cc1. The lowest BCUT2D eigenvalue weighted by molar-refractivity contribution is 0.0940.